The number of amides is 1. The Balaban J connectivity index is 1.48. The molecule has 0 radical (unpaired) electrons. The van der Waals surface area contributed by atoms with Crippen LogP contribution in [0.4, 0.5) is 5.69 Å². The number of rotatable bonds is 5. The Labute approximate surface area is 181 Å². The smallest absolute Gasteiger partial charge is 0.319 e. The number of H-pyrrole nitrogens is 1. The average molecular weight is 424 g/mol. The summed E-state index contributed by atoms with van der Waals surface area (Å²) in [6, 6.07) is 25.9. The van der Waals surface area contributed by atoms with Crippen molar-refractivity contribution in [2.45, 2.75) is 0 Å². The highest BCUT2D eigenvalue weighted by molar-refractivity contribution is 6.02. The number of para-hydroxylation sites is 1. The molecule has 0 spiro atoms. The topological polar surface area (TPSA) is 119 Å². The summed E-state index contributed by atoms with van der Waals surface area (Å²) in [7, 11) is 0. The molecule has 0 bridgehead atoms. The molecule has 2 heterocycles. The van der Waals surface area contributed by atoms with Crippen molar-refractivity contribution in [2.24, 2.45) is 0 Å². The van der Waals surface area contributed by atoms with Crippen LogP contribution in [-0.4, -0.2) is 30.8 Å². The molecular weight excluding hydrogens is 408 g/mol. The first-order valence-corrected chi connectivity index (χ1v) is 9.73. The Hall–Kier alpha value is -4.79. The maximum atomic E-state index is 13.0. The van der Waals surface area contributed by atoms with Crippen LogP contribution < -0.4 is 11.1 Å². The summed E-state index contributed by atoms with van der Waals surface area (Å²) in [4.78, 5) is 31.1. The van der Waals surface area contributed by atoms with Gasteiger partial charge in [-0.05, 0) is 24.3 Å². The van der Waals surface area contributed by atoms with Crippen LogP contribution in [0.2, 0.25) is 0 Å². The number of benzene rings is 3. The molecule has 0 aliphatic heterocycles. The van der Waals surface area contributed by atoms with Crippen molar-refractivity contribution in [1.29, 1.82) is 0 Å². The first kappa shape index (κ1) is 19.2. The van der Waals surface area contributed by atoms with E-state index in [9.17, 15) is 9.59 Å². The largest absolute Gasteiger partial charge is 0.439 e. The number of hydrogen-bond donors (Lipinski definition) is 2. The Morgan fingerprint density at radius 3 is 2.34 bits per heavy atom. The summed E-state index contributed by atoms with van der Waals surface area (Å²) in [5, 5.41) is 10.9. The van der Waals surface area contributed by atoms with Gasteiger partial charge in [-0.15, -0.1) is 5.10 Å². The van der Waals surface area contributed by atoms with Gasteiger partial charge in [0, 0.05) is 16.8 Å². The molecule has 2 aromatic heterocycles. The molecule has 32 heavy (non-hydrogen) atoms. The molecule has 0 aliphatic carbocycles. The second kappa shape index (κ2) is 8.15. The molecule has 156 valence electrons. The van der Waals surface area contributed by atoms with Crippen molar-refractivity contribution < 1.29 is 9.32 Å². The standard InChI is InChI=1S/C23H16N6O3/c30-22(24-17-11-7-10-16(14-17)19-26-23(31)32-28-19)20-25-21(15-8-3-1-4-9-15)29(27-20)18-12-5-2-6-13-18/h1-14H,(H,24,30)(H,26,28,31). The van der Waals surface area contributed by atoms with Crippen molar-refractivity contribution in [3.8, 4) is 28.5 Å². The van der Waals surface area contributed by atoms with Gasteiger partial charge in [-0.2, -0.15) is 0 Å². The average Bonchev–Trinajstić information content (AvgIpc) is 3.47. The van der Waals surface area contributed by atoms with E-state index in [4.69, 9.17) is 0 Å². The molecule has 0 saturated heterocycles. The highest BCUT2D eigenvalue weighted by atomic mass is 16.5. The van der Waals surface area contributed by atoms with Crippen LogP contribution in [0, 0.1) is 0 Å². The molecule has 0 aliphatic rings. The quantitative estimate of drug-likeness (QED) is 0.446. The molecule has 1 amide bonds. The Morgan fingerprint density at radius 1 is 0.906 bits per heavy atom. The molecule has 0 atom stereocenters. The fraction of sp³-hybridized carbons (Fsp3) is 0. The van der Waals surface area contributed by atoms with E-state index < -0.39 is 11.7 Å². The minimum absolute atomic E-state index is 0.0213. The summed E-state index contributed by atoms with van der Waals surface area (Å²) in [6.07, 6.45) is 0. The molecule has 3 aromatic carbocycles. The molecule has 0 fully saturated rings. The number of aromatic nitrogens is 5. The number of carbonyl (C=O) groups excluding carboxylic acids is 1. The summed E-state index contributed by atoms with van der Waals surface area (Å²) in [5.74, 6) is -0.283. The second-order valence-corrected chi connectivity index (χ2v) is 6.85. The minimum atomic E-state index is -0.654. The van der Waals surface area contributed by atoms with Crippen molar-refractivity contribution in [1.82, 2.24) is 24.9 Å². The van der Waals surface area contributed by atoms with Gasteiger partial charge in [-0.3, -0.25) is 14.3 Å². The molecule has 0 unspecified atom stereocenters. The van der Waals surface area contributed by atoms with Crippen LogP contribution in [0.5, 0.6) is 0 Å². The second-order valence-electron chi connectivity index (χ2n) is 6.85. The van der Waals surface area contributed by atoms with Crippen LogP contribution in [0.3, 0.4) is 0 Å². The van der Waals surface area contributed by atoms with E-state index >= 15 is 0 Å². The zero-order valence-electron chi connectivity index (χ0n) is 16.6. The number of nitrogens with one attached hydrogen (secondary N) is 2. The molecule has 5 rings (SSSR count). The third-order valence-corrected chi connectivity index (χ3v) is 4.68. The van der Waals surface area contributed by atoms with Crippen LogP contribution in [-0.2, 0) is 0 Å². The Kier molecular flexibility index (Phi) is 4.89. The third-order valence-electron chi connectivity index (χ3n) is 4.68. The normalized spacial score (nSPS) is 10.8. The summed E-state index contributed by atoms with van der Waals surface area (Å²) < 4.78 is 6.18. The van der Waals surface area contributed by atoms with E-state index in [-0.39, 0.29) is 11.6 Å². The highest BCUT2D eigenvalue weighted by Gasteiger charge is 2.19. The van der Waals surface area contributed by atoms with Crippen LogP contribution >= 0.6 is 0 Å². The first-order valence-electron chi connectivity index (χ1n) is 9.73. The van der Waals surface area contributed by atoms with Gasteiger partial charge in [0.1, 0.15) is 0 Å². The monoisotopic (exact) mass is 424 g/mol. The van der Waals surface area contributed by atoms with Crippen LogP contribution in [0.25, 0.3) is 28.5 Å². The predicted octanol–water partition coefficient (Wildman–Crippen LogP) is 3.53. The third kappa shape index (κ3) is 3.82. The molecule has 0 saturated carbocycles. The van der Waals surface area contributed by atoms with Gasteiger partial charge in [0.2, 0.25) is 5.82 Å². The zero-order valence-corrected chi connectivity index (χ0v) is 16.6. The highest BCUT2D eigenvalue weighted by Crippen LogP contribution is 2.22. The summed E-state index contributed by atoms with van der Waals surface area (Å²) in [5.41, 5.74) is 2.70. The van der Waals surface area contributed by atoms with E-state index in [0.717, 1.165) is 11.3 Å². The Morgan fingerprint density at radius 2 is 1.62 bits per heavy atom. The summed E-state index contributed by atoms with van der Waals surface area (Å²) >= 11 is 0. The number of hydrogen-bond acceptors (Lipinski definition) is 6. The number of carbonyl (C=O) groups is 1. The first-order chi connectivity index (χ1) is 15.7. The summed E-state index contributed by atoms with van der Waals surface area (Å²) in [6.45, 7) is 0. The number of nitrogens with zero attached hydrogens (tertiary/aromatic N) is 4. The lowest BCUT2D eigenvalue weighted by molar-refractivity contribution is 0.101. The van der Waals surface area contributed by atoms with Gasteiger partial charge >= 0.3 is 5.76 Å². The number of aromatic amines is 1. The lowest BCUT2D eigenvalue weighted by Crippen LogP contribution is -2.14. The molecular formula is C23H16N6O3. The maximum Gasteiger partial charge on any atom is 0.439 e. The SMILES string of the molecule is O=C(Nc1cccc(-c2noc(=O)[nH]2)c1)c1nc(-c2ccccc2)n(-c2ccccc2)n1. The zero-order chi connectivity index (χ0) is 21.9. The fourth-order valence-electron chi connectivity index (χ4n) is 3.22. The van der Waals surface area contributed by atoms with Gasteiger partial charge in [0.15, 0.2) is 11.6 Å². The fourth-order valence-corrected chi connectivity index (χ4v) is 3.22. The van der Waals surface area contributed by atoms with Crippen molar-refractivity contribution >= 4 is 11.6 Å². The Bertz CT molecular complexity index is 1380. The van der Waals surface area contributed by atoms with Gasteiger partial charge < -0.3 is 5.32 Å². The van der Waals surface area contributed by atoms with Gasteiger partial charge in [0.25, 0.3) is 5.91 Å². The van der Waals surface area contributed by atoms with Crippen LogP contribution in [0.1, 0.15) is 10.6 Å². The van der Waals surface area contributed by atoms with Crippen LogP contribution in [0.15, 0.2) is 94.2 Å². The van der Waals surface area contributed by atoms with Gasteiger partial charge in [-0.1, -0.05) is 65.8 Å². The molecule has 9 nitrogen and oxygen atoms in total. The lowest BCUT2D eigenvalue weighted by Gasteiger charge is -2.05. The van der Waals surface area contributed by atoms with Crippen molar-refractivity contribution in [3.05, 3.63) is 101 Å². The van der Waals surface area contributed by atoms with Crippen molar-refractivity contribution in [3.63, 3.8) is 0 Å². The van der Waals surface area contributed by atoms with Gasteiger partial charge in [0.05, 0.1) is 5.69 Å². The lowest BCUT2D eigenvalue weighted by atomic mass is 10.2. The molecule has 2 N–H and O–H groups in total. The van der Waals surface area contributed by atoms with E-state index in [1.165, 1.54) is 0 Å². The van der Waals surface area contributed by atoms with Gasteiger partial charge in [-0.25, -0.2) is 14.5 Å². The van der Waals surface area contributed by atoms with E-state index in [2.05, 4.69) is 30.1 Å². The van der Waals surface area contributed by atoms with E-state index in [1.807, 2.05) is 60.7 Å². The minimum Gasteiger partial charge on any atom is -0.319 e. The molecule has 9 heteroatoms. The molecule has 5 aromatic rings. The van der Waals surface area contributed by atoms with E-state index in [0.29, 0.717) is 17.1 Å². The maximum absolute atomic E-state index is 13.0. The van der Waals surface area contributed by atoms with E-state index in [1.54, 1.807) is 28.9 Å². The number of anilines is 1. The van der Waals surface area contributed by atoms with Crippen molar-refractivity contribution in [2.75, 3.05) is 5.32 Å². The predicted molar refractivity (Wildman–Crippen MR) is 117 cm³/mol.